The molecule has 1 aromatic rings. The van der Waals surface area contributed by atoms with E-state index in [1.165, 1.54) is 13.2 Å². The molecular formula is C20H22ClF5N4O2. The van der Waals surface area contributed by atoms with Crippen molar-refractivity contribution < 1.29 is 31.5 Å². The van der Waals surface area contributed by atoms with Crippen molar-refractivity contribution in [2.45, 2.75) is 42.0 Å². The van der Waals surface area contributed by atoms with E-state index in [9.17, 15) is 26.7 Å². The molecule has 1 saturated heterocycles. The van der Waals surface area contributed by atoms with Crippen LogP contribution in [-0.2, 0) is 15.7 Å². The van der Waals surface area contributed by atoms with Gasteiger partial charge in [0.05, 0.1) is 11.4 Å². The number of alkyl halides is 6. The first-order valence-electron chi connectivity index (χ1n) is 9.83. The number of aromatic nitrogens is 2. The maximum absolute atomic E-state index is 13.6. The molecule has 1 amide bonds. The van der Waals surface area contributed by atoms with Crippen LogP contribution in [0.3, 0.4) is 0 Å². The predicted molar refractivity (Wildman–Crippen MR) is 106 cm³/mol. The van der Waals surface area contributed by atoms with E-state index in [-0.39, 0.29) is 25.2 Å². The minimum Gasteiger partial charge on any atom is -0.362 e. The molecule has 32 heavy (non-hydrogen) atoms. The van der Waals surface area contributed by atoms with E-state index in [2.05, 4.69) is 15.3 Å². The zero-order valence-electron chi connectivity index (χ0n) is 17.1. The number of methoxy groups -OCH3 is 1. The summed E-state index contributed by atoms with van der Waals surface area (Å²) >= 11 is 6.26. The predicted octanol–water partition coefficient (Wildman–Crippen LogP) is 3.50. The molecule has 2 heterocycles. The Morgan fingerprint density at radius 2 is 1.91 bits per heavy atom. The van der Waals surface area contributed by atoms with Gasteiger partial charge in [-0.05, 0) is 6.08 Å². The standard InChI is InChI=1S/C20H22ClF5N4O2/c1-32-19(5-3-2-4-15(19)21)17(31)29-12-14(30-8-6-18(22,23)7-9-30)13-10-27-16(28-11-13)20(24,25)26/h2-5,10-11,14-15H,6-9,12H2,1H3,(H,29,31). The topological polar surface area (TPSA) is 67.3 Å². The van der Waals surface area contributed by atoms with E-state index >= 15 is 0 Å². The van der Waals surface area contributed by atoms with Crippen molar-refractivity contribution in [2.24, 2.45) is 0 Å². The Hall–Kier alpha value is -2.11. The van der Waals surface area contributed by atoms with Crippen LogP contribution in [0.4, 0.5) is 22.0 Å². The quantitative estimate of drug-likeness (QED) is 0.498. The Morgan fingerprint density at radius 1 is 1.28 bits per heavy atom. The molecule has 1 aliphatic heterocycles. The fourth-order valence-electron chi connectivity index (χ4n) is 3.67. The van der Waals surface area contributed by atoms with Gasteiger partial charge in [0.15, 0.2) is 5.60 Å². The number of carbonyl (C=O) groups is 1. The van der Waals surface area contributed by atoms with Crippen LogP contribution in [0.2, 0.25) is 0 Å². The molecule has 1 fully saturated rings. The minimum absolute atomic E-state index is 0.00917. The average molecular weight is 481 g/mol. The molecule has 0 bridgehead atoms. The zero-order valence-corrected chi connectivity index (χ0v) is 17.8. The van der Waals surface area contributed by atoms with Gasteiger partial charge in [-0.15, -0.1) is 11.6 Å². The number of carbonyl (C=O) groups excluding carboxylic acids is 1. The number of amides is 1. The Kier molecular flexibility index (Phi) is 7.21. The fourth-order valence-corrected chi connectivity index (χ4v) is 4.02. The first-order chi connectivity index (χ1) is 15.0. The van der Waals surface area contributed by atoms with E-state index in [0.717, 1.165) is 12.4 Å². The number of halogens is 6. The highest BCUT2D eigenvalue weighted by atomic mass is 35.5. The van der Waals surface area contributed by atoms with Crippen molar-refractivity contribution in [1.82, 2.24) is 20.2 Å². The second kappa shape index (κ2) is 9.40. The molecule has 176 valence electrons. The van der Waals surface area contributed by atoms with E-state index < -0.39 is 53.7 Å². The molecule has 0 aromatic carbocycles. The summed E-state index contributed by atoms with van der Waals surface area (Å²) in [5, 5.41) is 1.90. The minimum atomic E-state index is -4.71. The van der Waals surface area contributed by atoms with Gasteiger partial charge in [0.2, 0.25) is 5.82 Å². The summed E-state index contributed by atoms with van der Waals surface area (Å²) in [6.07, 6.45) is 2.83. The second-order valence-corrected chi connectivity index (χ2v) is 8.07. The van der Waals surface area contributed by atoms with Crippen molar-refractivity contribution >= 4 is 17.5 Å². The molecule has 1 N–H and O–H groups in total. The van der Waals surface area contributed by atoms with Crippen LogP contribution in [-0.4, -0.2) is 64.4 Å². The lowest BCUT2D eigenvalue weighted by Crippen LogP contribution is -2.55. The maximum Gasteiger partial charge on any atom is 0.451 e. The van der Waals surface area contributed by atoms with E-state index in [1.54, 1.807) is 23.1 Å². The highest BCUT2D eigenvalue weighted by Gasteiger charge is 2.44. The number of nitrogens with zero attached hydrogens (tertiary/aromatic N) is 3. The number of hydrogen-bond acceptors (Lipinski definition) is 5. The fraction of sp³-hybridized carbons (Fsp3) is 0.550. The van der Waals surface area contributed by atoms with Gasteiger partial charge in [0, 0.05) is 57.5 Å². The van der Waals surface area contributed by atoms with Crippen LogP contribution in [0.15, 0.2) is 36.7 Å². The third-order valence-corrected chi connectivity index (χ3v) is 6.04. The van der Waals surface area contributed by atoms with Crippen LogP contribution in [0, 0.1) is 0 Å². The van der Waals surface area contributed by atoms with Crippen LogP contribution < -0.4 is 5.32 Å². The molecule has 0 saturated carbocycles. The van der Waals surface area contributed by atoms with Crippen LogP contribution >= 0.6 is 11.6 Å². The van der Waals surface area contributed by atoms with Gasteiger partial charge in [-0.1, -0.05) is 18.2 Å². The monoisotopic (exact) mass is 480 g/mol. The molecular weight excluding hydrogens is 459 g/mol. The molecule has 12 heteroatoms. The van der Waals surface area contributed by atoms with Crippen molar-refractivity contribution in [3.63, 3.8) is 0 Å². The van der Waals surface area contributed by atoms with Gasteiger partial charge in [-0.3, -0.25) is 9.69 Å². The van der Waals surface area contributed by atoms with E-state index in [1.807, 2.05) is 0 Å². The molecule has 0 spiro atoms. The summed E-state index contributed by atoms with van der Waals surface area (Å²) in [6, 6.07) is -0.719. The SMILES string of the molecule is COC1(C(=O)NCC(c2cnc(C(F)(F)F)nc2)N2CCC(F)(F)CC2)C=CC=CC1Cl. The number of rotatable bonds is 6. The molecule has 6 nitrogen and oxygen atoms in total. The van der Waals surface area contributed by atoms with Gasteiger partial charge < -0.3 is 10.1 Å². The zero-order chi connectivity index (χ0) is 23.6. The van der Waals surface area contributed by atoms with Gasteiger partial charge in [0.1, 0.15) is 0 Å². The Morgan fingerprint density at radius 3 is 2.44 bits per heavy atom. The Bertz CT molecular complexity index is 868. The smallest absolute Gasteiger partial charge is 0.362 e. The number of ether oxygens (including phenoxy) is 1. The normalized spacial score (nSPS) is 26.7. The summed E-state index contributed by atoms with van der Waals surface area (Å²) < 4.78 is 71.1. The highest BCUT2D eigenvalue weighted by molar-refractivity contribution is 6.25. The average Bonchev–Trinajstić information content (AvgIpc) is 2.75. The number of allylic oxidation sites excluding steroid dienone is 2. The van der Waals surface area contributed by atoms with Crippen molar-refractivity contribution in [3.8, 4) is 0 Å². The van der Waals surface area contributed by atoms with Crippen molar-refractivity contribution in [3.05, 3.63) is 48.1 Å². The number of nitrogens with one attached hydrogen (secondary N) is 1. The third-order valence-electron chi connectivity index (χ3n) is 5.57. The molecule has 2 aliphatic rings. The molecule has 3 atom stereocenters. The van der Waals surface area contributed by atoms with Gasteiger partial charge >= 0.3 is 6.18 Å². The summed E-state index contributed by atoms with van der Waals surface area (Å²) in [5.74, 6) is -4.69. The van der Waals surface area contributed by atoms with Gasteiger partial charge in [0.25, 0.3) is 11.8 Å². The molecule has 1 aliphatic carbocycles. The number of likely N-dealkylation sites (tertiary alicyclic amines) is 1. The van der Waals surface area contributed by atoms with E-state index in [0.29, 0.717) is 0 Å². The third kappa shape index (κ3) is 5.26. The highest BCUT2D eigenvalue weighted by Crippen LogP contribution is 2.33. The summed E-state index contributed by atoms with van der Waals surface area (Å²) in [7, 11) is 1.33. The van der Waals surface area contributed by atoms with Crippen molar-refractivity contribution in [2.75, 3.05) is 26.7 Å². The largest absolute Gasteiger partial charge is 0.451 e. The van der Waals surface area contributed by atoms with Crippen LogP contribution in [0.1, 0.15) is 30.3 Å². The first kappa shape index (κ1) is 24.5. The number of hydrogen-bond donors (Lipinski definition) is 1. The Balaban J connectivity index is 1.81. The van der Waals surface area contributed by atoms with Crippen LogP contribution in [0.25, 0.3) is 0 Å². The lowest BCUT2D eigenvalue weighted by atomic mass is 9.93. The van der Waals surface area contributed by atoms with Crippen LogP contribution in [0.5, 0.6) is 0 Å². The first-order valence-corrected chi connectivity index (χ1v) is 10.3. The van der Waals surface area contributed by atoms with Gasteiger partial charge in [-0.2, -0.15) is 13.2 Å². The van der Waals surface area contributed by atoms with Crippen molar-refractivity contribution in [1.29, 1.82) is 0 Å². The van der Waals surface area contributed by atoms with Gasteiger partial charge in [-0.25, -0.2) is 18.7 Å². The summed E-state index contributed by atoms with van der Waals surface area (Å²) in [5.41, 5.74) is -1.22. The molecule has 3 unspecified atom stereocenters. The molecule has 3 rings (SSSR count). The summed E-state index contributed by atoms with van der Waals surface area (Å²) in [4.78, 5) is 21.3. The Labute approximate surface area is 186 Å². The number of piperidine rings is 1. The lowest BCUT2D eigenvalue weighted by Gasteiger charge is -2.38. The summed E-state index contributed by atoms with van der Waals surface area (Å²) in [6.45, 7) is -0.110. The molecule has 1 aromatic heterocycles. The second-order valence-electron chi connectivity index (χ2n) is 7.60. The maximum atomic E-state index is 13.6. The lowest BCUT2D eigenvalue weighted by molar-refractivity contribution is -0.145. The molecule has 0 radical (unpaired) electrons. The van der Waals surface area contributed by atoms with E-state index in [4.69, 9.17) is 16.3 Å².